The molecular weight excluding hydrogens is 371 g/mol. The highest BCUT2D eigenvalue weighted by Crippen LogP contribution is 2.43. The number of rotatable bonds is 5. The third-order valence-corrected chi connectivity index (χ3v) is 3.99. The second kappa shape index (κ2) is 8.48. The van der Waals surface area contributed by atoms with Crippen LogP contribution >= 0.6 is 12.4 Å². The molecule has 1 aromatic carbocycles. The molecule has 1 aliphatic rings. The number of benzene rings is 1. The molecule has 0 unspecified atom stereocenters. The van der Waals surface area contributed by atoms with Gasteiger partial charge in [0.25, 0.3) is 5.92 Å². The van der Waals surface area contributed by atoms with Gasteiger partial charge in [-0.1, -0.05) is 6.07 Å². The molecule has 1 fully saturated rings. The summed E-state index contributed by atoms with van der Waals surface area (Å²) in [5.41, 5.74) is -1.75. The summed E-state index contributed by atoms with van der Waals surface area (Å²) in [5, 5.41) is 12.0. The standard InChI is InChI=1S/C15H19F5N2O2.ClH/c1-24-10-2-3-11(12(8-10)15(18,19)20)13(14(16,17)9-23)22-6-4-21-5-7-22;/h2-3,8,13,21,23H,4-7,9H2,1H3;1H/t13-;/m1./s1. The van der Waals surface area contributed by atoms with Crippen molar-refractivity contribution in [3.05, 3.63) is 29.3 Å². The van der Waals surface area contributed by atoms with Crippen molar-refractivity contribution in [2.75, 3.05) is 39.9 Å². The number of aliphatic hydroxyl groups is 1. The number of nitrogens with one attached hydrogen (secondary N) is 1. The Hall–Kier alpha value is -1.16. The summed E-state index contributed by atoms with van der Waals surface area (Å²) in [5.74, 6) is -3.79. The first-order valence-electron chi connectivity index (χ1n) is 7.39. The maximum atomic E-state index is 14.3. The minimum absolute atomic E-state index is 0. The highest BCUT2D eigenvalue weighted by Gasteiger charge is 2.48. The highest BCUT2D eigenvalue weighted by molar-refractivity contribution is 5.85. The van der Waals surface area contributed by atoms with E-state index >= 15 is 0 Å². The Morgan fingerprint density at radius 3 is 2.28 bits per heavy atom. The van der Waals surface area contributed by atoms with Crippen molar-refractivity contribution in [1.29, 1.82) is 0 Å². The van der Waals surface area contributed by atoms with E-state index in [4.69, 9.17) is 9.84 Å². The molecule has 1 atom stereocenters. The molecule has 10 heteroatoms. The summed E-state index contributed by atoms with van der Waals surface area (Å²) < 4.78 is 73.6. The Morgan fingerprint density at radius 2 is 1.80 bits per heavy atom. The number of halogens is 6. The first kappa shape index (κ1) is 21.9. The largest absolute Gasteiger partial charge is 0.497 e. The molecule has 0 bridgehead atoms. The summed E-state index contributed by atoms with van der Waals surface area (Å²) >= 11 is 0. The van der Waals surface area contributed by atoms with Gasteiger partial charge in [0.1, 0.15) is 18.4 Å². The average Bonchev–Trinajstić information content (AvgIpc) is 2.55. The van der Waals surface area contributed by atoms with E-state index in [1.807, 2.05) is 0 Å². The third kappa shape index (κ3) is 4.93. The fourth-order valence-electron chi connectivity index (χ4n) is 2.86. The number of hydrogen-bond donors (Lipinski definition) is 2. The van der Waals surface area contributed by atoms with Crippen LogP contribution in [0.4, 0.5) is 22.0 Å². The summed E-state index contributed by atoms with van der Waals surface area (Å²) in [6.07, 6.45) is -4.82. The number of methoxy groups -OCH3 is 1. The normalized spacial score (nSPS) is 17.7. The summed E-state index contributed by atoms with van der Waals surface area (Å²) in [4.78, 5) is 1.27. The van der Waals surface area contributed by atoms with Crippen molar-refractivity contribution in [3.63, 3.8) is 0 Å². The molecule has 1 heterocycles. The predicted octanol–water partition coefficient (Wildman–Crippen LogP) is 2.71. The molecule has 2 N–H and O–H groups in total. The SMILES string of the molecule is COc1ccc([C@@H](N2CCNCC2)C(F)(F)CO)c(C(F)(F)F)c1.Cl. The Morgan fingerprint density at radius 1 is 1.20 bits per heavy atom. The van der Waals surface area contributed by atoms with Crippen LogP contribution in [0, 0.1) is 0 Å². The molecular formula is C15H20ClF5N2O2. The molecule has 4 nitrogen and oxygen atoms in total. The minimum atomic E-state index is -4.82. The van der Waals surface area contributed by atoms with Crippen LogP contribution in [0.15, 0.2) is 18.2 Å². The van der Waals surface area contributed by atoms with Crippen LogP contribution in [0.5, 0.6) is 5.75 Å². The Balaban J connectivity index is 0.00000312. The number of alkyl halides is 5. The van der Waals surface area contributed by atoms with Crippen LogP contribution in [0.25, 0.3) is 0 Å². The van der Waals surface area contributed by atoms with Gasteiger partial charge in [-0.05, 0) is 17.7 Å². The van der Waals surface area contributed by atoms with Crippen LogP contribution in [0.1, 0.15) is 17.2 Å². The zero-order valence-electron chi connectivity index (χ0n) is 13.4. The Labute approximate surface area is 148 Å². The van der Waals surface area contributed by atoms with Crippen molar-refractivity contribution < 1.29 is 31.8 Å². The zero-order valence-corrected chi connectivity index (χ0v) is 14.3. The molecule has 1 aliphatic heterocycles. The molecule has 0 spiro atoms. The maximum Gasteiger partial charge on any atom is 0.416 e. The smallest absolute Gasteiger partial charge is 0.416 e. The molecule has 0 radical (unpaired) electrons. The van der Waals surface area contributed by atoms with E-state index in [9.17, 15) is 22.0 Å². The van der Waals surface area contributed by atoms with Crippen molar-refractivity contribution in [3.8, 4) is 5.75 Å². The van der Waals surface area contributed by atoms with E-state index in [0.29, 0.717) is 19.2 Å². The second-order valence-corrected chi connectivity index (χ2v) is 5.56. The van der Waals surface area contributed by atoms with Gasteiger partial charge in [-0.25, -0.2) is 8.78 Å². The van der Waals surface area contributed by atoms with Gasteiger partial charge in [-0.15, -0.1) is 12.4 Å². The monoisotopic (exact) mass is 390 g/mol. The predicted molar refractivity (Wildman–Crippen MR) is 84.5 cm³/mol. The topological polar surface area (TPSA) is 44.7 Å². The molecule has 0 saturated carbocycles. The lowest BCUT2D eigenvalue weighted by Gasteiger charge is -2.39. The van der Waals surface area contributed by atoms with Crippen LogP contribution in [0.2, 0.25) is 0 Å². The third-order valence-electron chi connectivity index (χ3n) is 3.99. The van der Waals surface area contributed by atoms with Gasteiger partial charge >= 0.3 is 6.18 Å². The molecule has 0 amide bonds. The lowest BCUT2D eigenvalue weighted by atomic mass is 9.93. The van der Waals surface area contributed by atoms with E-state index in [2.05, 4.69) is 5.32 Å². The number of hydrogen-bond acceptors (Lipinski definition) is 4. The van der Waals surface area contributed by atoms with Crippen molar-refractivity contribution in [2.24, 2.45) is 0 Å². The first-order chi connectivity index (χ1) is 11.2. The summed E-state index contributed by atoms with van der Waals surface area (Å²) in [6.45, 7) is -0.455. The van der Waals surface area contributed by atoms with E-state index in [1.165, 1.54) is 18.1 Å². The van der Waals surface area contributed by atoms with Crippen LogP contribution < -0.4 is 10.1 Å². The van der Waals surface area contributed by atoms with Gasteiger partial charge in [0.15, 0.2) is 0 Å². The maximum absolute atomic E-state index is 14.3. The molecule has 144 valence electrons. The molecule has 1 aromatic rings. The first-order valence-corrected chi connectivity index (χ1v) is 7.39. The number of ether oxygens (including phenoxy) is 1. The van der Waals surface area contributed by atoms with Crippen molar-refractivity contribution in [2.45, 2.75) is 18.1 Å². The van der Waals surface area contributed by atoms with Crippen LogP contribution in [-0.4, -0.2) is 55.8 Å². The molecule has 25 heavy (non-hydrogen) atoms. The lowest BCUT2D eigenvalue weighted by molar-refractivity contribution is -0.145. The van der Waals surface area contributed by atoms with Gasteiger partial charge in [-0.2, -0.15) is 13.2 Å². The number of aliphatic hydroxyl groups excluding tert-OH is 1. The summed E-state index contributed by atoms with van der Waals surface area (Å²) in [7, 11) is 1.20. The van der Waals surface area contributed by atoms with Crippen LogP contribution in [-0.2, 0) is 6.18 Å². The van der Waals surface area contributed by atoms with Gasteiger partial charge in [0.05, 0.1) is 12.7 Å². The van der Waals surface area contributed by atoms with Crippen molar-refractivity contribution >= 4 is 12.4 Å². The molecule has 0 aromatic heterocycles. The fraction of sp³-hybridized carbons (Fsp3) is 0.600. The van der Waals surface area contributed by atoms with Crippen molar-refractivity contribution in [1.82, 2.24) is 10.2 Å². The lowest BCUT2D eigenvalue weighted by Crippen LogP contribution is -2.51. The van der Waals surface area contributed by atoms with E-state index in [1.54, 1.807) is 0 Å². The fourth-order valence-corrected chi connectivity index (χ4v) is 2.86. The average molecular weight is 391 g/mol. The van der Waals surface area contributed by atoms with E-state index < -0.39 is 35.9 Å². The minimum Gasteiger partial charge on any atom is -0.497 e. The quantitative estimate of drug-likeness (QED) is 0.759. The zero-order chi connectivity index (χ0) is 18.0. The van der Waals surface area contributed by atoms with Crippen LogP contribution in [0.3, 0.4) is 0 Å². The highest BCUT2D eigenvalue weighted by atomic mass is 35.5. The molecule has 0 aliphatic carbocycles. The molecule has 2 rings (SSSR count). The van der Waals surface area contributed by atoms with Gasteiger partial charge in [-0.3, -0.25) is 4.90 Å². The number of nitrogens with zero attached hydrogens (tertiary/aromatic N) is 1. The van der Waals surface area contributed by atoms with Gasteiger partial charge < -0.3 is 15.2 Å². The van der Waals surface area contributed by atoms with Gasteiger partial charge in [0, 0.05) is 26.2 Å². The Bertz CT molecular complexity index is 565. The van der Waals surface area contributed by atoms with Gasteiger partial charge in [0.2, 0.25) is 0 Å². The number of piperazine rings is 1. The summed E-state index contributed by atoms with van der Waals surface area (Å²) in [6, 6.07) is 1.05. The Kier molecular flexibility index (Phi) is 7.42. The second-order valence-electron chi connectivity index (χ2n) is 5.56. The molecule has 1 saturated heterocycles. The van der Waals surface area contributed by atoms with E-state index in [-0.39, 0.29) is 31.2 Å². The van der Waals surface area contributed by atoms with E-state index in [0.717, 1.165) is 6.07 Å².